The first-order chi connectivity index (χ1) is 11.6. The lowest BCUT2D eigenvalue weighted by Crippen LogP contribution is -2.21. The molecular weight excluding hydrogens is 294 g/mol. The normalized spacial score (nSPS) is 12.8. The molecule has 0 unspecified atom stereocenters. The summed E-state index contributed by atoms with van der Waals surface area (Å²) in [5.41, 5.74) is 4.43. The number of para-hydroxylation sites is 2. The van der Waals surface area contributed by atoms with Crippen LogP contribution in [0.2, 0.25) is 0 Å². The number of hydrogen-bond acceptors (Lipinski definition) is 1. The summed E-state index contributed by atoms with van der Waals surface area (Å²) in [6, 6.07) is 21.3. The SMILES string of the molecule is CC(C)(C)n1c2ccccc2c2ccc3oc4ccccc4c3c21. The van der Waals surface area contributed by atoms with E-state index >= 15 is 0 Å². The minimum Gasteiger partial charge on any atom is -0.456 e. The highest BCUT2D eigenvalue weighted by atomic mass is 16.3. The van der Waals surface area contributed by atoms with E-state index in [4.69, 9.17) is 4.42 Å². The summed E-state index contributed by atoms with van der Waals surface area (Å²) in [4.78, 5) is 0. The number of fused-ring (bicyclic) bond motifs is 7. The van der Waals surface area contributed by atoms with Crippen LogP contribution in [0.3, 0.4) is 0 Å². The molecule has 0 spiro atoms. The second-order valence-electron chi connectivity index (χ2n) is 7.46. The highest BCUT2D eigenvalue weighted by molar-refractivity contribution is 6.23. The minimum absolute atomic E-state index is 0.0198. The monoisotopic (exact) mass is 313 g/mol. The van der Waals surface area contributed by atoms with E-state index in [1.54, 1.807) is 0 Å². The predicted octanol–water partition coefficient (Wildman–Crippen LogP) is 6.45. The highest BCUT2D eigenvalue weighted by Crippen LogP contribution is 2.41. The van der Waals surface area contributed by atoms with Gasteiger partial charge in [0, 0.05) is 27.2 Å². The minimum atomic E-state index is -0.0198. The van der Waals surface area contributed by atoms with E-state index in [0.717, 1.165) is 11.2 Å². The van der Waals surface area contributed by atoms with Crippen molar-refractivity contribution in [3.05, 3.63) is 60.7 Å². The maximum atomic E-state index is 6.11. The van der Waals surface area contributed by atoms with E-state index in [9.17, 15) is 0 Å². The third kappa shape index (κ3) is 1.66. The van der Waals surface area contributed by atoms with Crippen LogP contribution in [0.5, 0.6) is 0 Å². The number of benzene rings is 3. The molecular formula is C22H19NO. The van der Waals surface area contributed by atoms with Crippen molar-refractivity contribution in [2.45, 2.75) is 26.3 Å². The summed E-state index contributed by atoms with van der Waals surface area (Å²) in [5, 5.41) is 5.00. The largest absolute Gasteiger partial charge is 0.456 e. The Balaban J connectivity index is 2.17. The molecule has 2 nitrogen and oxygen atoms in total. The first-order valence-electron chi connectivity index (χ1n) is 8.39. The van der Waals surface area contributed by atoms with Crippen molar-refractivity contribution in [2.75, 3.05) is 0 Å². The van der Waals surface area contributed by atoms with Crippen LogP contribution in [0.25, 0.3) is 43.7 Å². The first kappa shape index (κ1) is 13.7. The Kier molecular flexibility index (Phi) is 2.52. The van der Waals surface area contributed by atoms with Crippen LogP contribution in [0, 0.1) is 0 Å². The quantitative estimate of drug-likeness (QED) is 0.321. The van der Waals surface area contributed by atoms with Gasteiger partial charge in [-0.05, 0) is 45.0 Å². The Bertz CT molecular complexity index is 1230. The van der Waals surface area contributed by atoms with E-state index < -0.39 is 0 Å². The summed E-state index contributed by atoms with van der Waals surface area (Å²) in [6.07, 6.45) is 0. The highest BCUT2D eigenvalue weighted by Gasteiger charge is 2.23. The Labute approximate surface area is 140 Å². The van der Waals surface area contributed by atoms with Crippen molar-refractivity contribution in [1.82, 2.24) is 4.57 Å². The van der Waals surface area contributed by atoms with Crippen LogP contribution in [0.15, 0.2) is 65.1 Å². The van der Waals surface area contributed by atoms with Gasteiger partial charge in [0.25, 0.3) is 0 Å². The third-order valence-electron chi connectivity index (χ3n) is 4.85. The topological polar surface area (TPSA) is 18.1 Å². The molecule has 0 bridgehead atoms. The van der Waals surface area contributed by atoms with Crippen LogP contribution < -0.4 is 0 Å². The number of aromatic nitrogens is 1. The van der Waals surface area contributed by atoms with Gasteiger partial charge in [0.1, 0.15) is 11.2 Å². The summed E-state index contributed by atoms with van der Waals surface area (Å²) in [5.74, 6) is 0. The summed E-state index contributed by atoms with van der Waals surface area (Å²) in [6.45, 7) is 6.79. The van der Waals surface area contributed by atoms with Crippen molar-refractivity contribution >= 4 is 43.7 Å². The summed E-state index contributed by atoms with van der Waals surface area (Å²) in [7, 11) is 0. The first-order valence-corrected chi connectivity index (χ1v) is 8.39. The van der Waals surface area contributed by atoms with Crippen LogP contribution >= 0.6 is 0 Å². The number of hydrogen-bond donors (Lipinski definition) is 0. The van der Waals surface area contributed by atoms with E-state index in [0.29, 0.717) is 0 Å². The molecule has 0 saturated carbocycles. The van der Waals surface area contributed by atoms with Crippen LogP contribution in [-0.2, 0) is 5.54 Å². The van der Waals surface area contributed by atoms with Gasteiger partial charge in [-0.1, -0.05) is 36.4 Å². The molecule has 5 rings (SSSR count). The van der Waals surface area contributed by atoms with Gasteiger partial charge in [-0.25, -0.2) is 0 Å². The maximum Gasteiger partial charge on any atom is 0.137 e. The van der Waals surface area contributed by atoms with Crippen molar-refractivity contribution in [1.29, 1.82) is 0 Å². The van der Waals surface area contributed by atoms with Gasteiger partial charge < -0.3 is 8.98 Å². The smallest absolute Gasteiger partial charge is 0.137 e. The van der Waals surface area contributed by atoms with Gasteiger partial charge in [0.05, 0.1) is 10.9 Å². The van der Waals surface area contributed by atoms with Crippen LogP contribution in [0.1, 0.15) is 20.8 Å². The fourth-order valence-corrected chi connectivity index (χ4v) is 3.96. The van der Waals surface area contributed by atoms with Gasteiger partial charge >= 0.3 is 0 Å². The van der Waals surface area contributed by atoms with Crippen LogP contribution in [-0.4, -0.2) is 4.57 Å². The molecule has 3 aromatic carbocycles. The van der Waals surface area contributed by atoms with E-state index in [2.05, 4.69) is 73.9 Å². The molecule has 118 valence electrons. The molecule has 2 heterocycles. The Hall–Kier alpha value is -2.74. The molecule has 0 radical (unpaired) electrons. The van der Waals surface area contributed by atoms with Crippen molar-refractivity contribution < 1.29 is 4.42 Å². The Morgan fingerprint density at radius 1 is 0.708 bits per heavy atom. The molecule has 0 aliphatic carbocycles. The van der Waals surface area contributed by atoms with E-state index in [-0.39, 0.29) is 5.54 Å². The maximum absolute atomic E-state index is 6.11. The Morgan fingerprint density at radius 3 is 2.21 bits per heavy atom. The van der Waals surface area contributed by atoms with Gasteiger partial charge in [-0.15, -0.1) is 0 Å². The van der Waals surface area contributed by atoms with Crippen molar-refractivity contribution in [3.63, 3.8) is 0 Å². The van der Waals surface area contributed by atoms with E-state index in [1.165, 1.54) is 32.6 Å². The molecule has 0 aliphatic rings. The standard InChI is InChI=1S/C22H19NO/c1-22(2,3)23-17-10-6-4-8-14(17)15-12-13-19-20(21(15)23)16-9-5-7-11-18(16)24-19/h4-13H,1-3H3. The lowest BCUT2D eigenvalue weighted by atomic mass is 10.1. The fourth-order valence-electron chi connectivity index (χ4n) is 3.96. The third-order valence-corrected chi connectivity index (χ3v) is 4.85. The molecule has 0 aliphatic heterocycles. The Morgan fingerprint density at radius 2 is 1.42 bits per heavy atom. The number of furan rings is 1. The molecule has 24 heavy (non-hydrogen) atoms. The average molecular weight is 313 g/mol. The molecule has 2 heteroatoms. The molecule has 5 aromatic rings. The van der Waals surface area contributed by atoms with Gasteiger partial charge in [-0.2, -0.15) is 0 Å². The molecule has 0 saturated heterocycles. The second-order valence-corrected chi connectivity index (χ2v) is 7.46. The molecule has 0 atom stereocenters. The summed E-state index contributed by atoms with van der Waals surface area (Å²) >= 11 is 0. The van der Waals surface area contributed by atoms with Crippen molar-refractivity contribution in [3.8, 4) is 0 Å². The van der Waals surface area contributed by atoms with Gasteiger partial charge in [-0.3, -0.25) is 0 Å². The molecule has 0 fully saturated rings. The summed E-state index contributed by atoms with van der Waals surface area (Å²) < 4.78 is 8.57. The average Bonchev–Trinajstić information content (AvgIpc) is 3.09. The molecule has 0 amide bonds. The van der Waals surface area contributed by atoms with Gasteiger partial charge in [0.2, 0.25) is 0 Å². The zero-order chi connectivity index (χ0) is 16.5. The lowest BCUT2D eigenvalue weighted by molar-refractivity contribution is 0.424. The number of rotatable bonds is 0. The zero-order valence-electron chi connectivity index (χ0n) is 14.1. The van der Waals surface area contributed by atoms with E-state index in [1.807, 2.05) is 12.1 Å². The second kappa shape index (κ2) is 4.41. The van der Waals surface area contributed by atoms with Crippen LogP contribution in [0.4, 0.5) is 0 Å². The zero-order valence-corrected chi connectivity index (χ0v) is 14.1. The lowest BCUT2D eigenvalue weighted by Gasteiger charge is -2.24. The fraction of sp³-hybridized carbons (Fsp3) is 0.182. The van der Waals surface area contributed by atoms with Gasteiger partial charge in [0.15, 0.2) is 0 Å². The number of nitrogens with zero attached hydrogens (tertiary/aromatic N) is 1. The molecule has 0 N–H and O–H groups in total. The molecule has 2 aromatic heterocycles. The predicted molar refractivity (Wildman–Crippen MR) is 102 cm³/mol. The van der Waals surface area contributed by atoms with Crippen molar-refractivity contribution in [2.24, 2.45) is 0 Å².